The lowest BCUT2D eigenvalue weighted by molar-refractivity contribution is 0.0927. The molecule has 5 heteroatoms. The van der Waals surface area contributed by atoms with E-state index < -0.39 is 0 Å². The van der Waals surface area contributed by atoms with Gasteiger partial charge in [0.15, 0.2) is 0 Å². The van der Waals surface area contributed by atoms with E-state index in [-0.39, 0.29) is 18.0 Å². The molecule has 0 saturated heterocycles. The standard InChI is InChI=1S/C28H34N2O3/c1-4-25(20-11-7-5-8-12-20)30-19-21(28(31)29-22-13-9-6-10-14-22)17-26(30)24-18-23(32-2)15-16-27(24)33-3/h5,7-8,11-12,15-19,22,25H,4,6,9-10,13-14H2,1-3H3,(H,29,31). The number of nitrogens with zero attached hydrogens (tertiary/aromatic N) is 1. The molecule has 1 atom stereocenters. The van der Waals surface area contributed by atoms with Gasteiger partial charge in [0, 0.05) is 17.8 Å². The molecule has 4 rings (SSSR count). The van der Waals surface area contributed by atoms with Crippen molar-refractivity contribution in [3.05, 3.63) is 71.9 Å². The summed E-state index contributed by atoms with van der Waals surface area (Å²) in [6.07, 6.45) is 8.64. The van der Waals surface area contributed by atoms with Gasteiger partial charge in [0.25, 0.3) is 5.91 Å². The molecule has 0 aliphatic heterocycles. The number of carbonyl (C=O) groups is 1. The third-order valence-electron chi connectivity index (χ3n) is 6.64. The van der Waals surface area contributed by atoms with E-state index >= 15 is 0 Å². The fourth-order valence-corrected chi connectivity index (χ4v) is 4.88. The Balaban J connectivity index is 1.79. The molecule has 1 aromatic heterocycles. The van der Waals surface area contributed by atoms with Gasteiger partial charge in [-0.15, -0.1) is 0 Å². The van der Waals surface area contributed by atoms with Gasteiger partial charge < -0.3 is 19.4 Å². The number of carbonyl (C=O) groups excluding carboxylic acids is 1. The monoisotopic (exact) mass is 446 g/mol. The number of ether oxygens (including phenoxy) is 2. The van der Waals surface area contributed by atoms with Gasteiger partial charge in [-0.25, -0.2) is 0 Å². The summed E-state index contributed by atoms with van der Waals surface area (Å²) in [4.78, 5) is 13.3. The van der Waals surface area contributed by atoms with E-state index in [1.54, 1.807) is 14.2 Å². The zero-order valence-electron chi connectivity index (χ0n) is 19.8. The first-order valence-electron chi connectivity index (χ1n) is 11.9. The van der Waals surface area contributed by atoms with Crippen LogP contribution in [0.25, 0.3) is 11.3 Å². The quantitative estimate of drug-likeness (QED) is 0.446. The number of rotatable bonds is 8. The molecule has 0 radical (unpaired) electrons. The Labute approximate surface area is 196 Å². The Morgan fingerprint density at radius 2 is 1.79 bits per heavy atom. The van der Waals surface area contributed by atoms with Crippen LogP contribution >= 0.6 is 0 Å². The summed E-state index contributed by atoms with van der Waals surface area (Å²) in [6, 6.07) is 18.6. The highest BCUT2D eigenvalue weighted by atomic mass is 16.5. The van der Waals surface area contributed by atoms with Gasteiger partial charge in [-0.2, -0.15) is 0 Å². The SMILES string of the molecule is CCC(c1ccccc1)n1cc(C(=O)NC2CCCCC2)cc1-c1cc(OC)ccc1OC. The maximum atomic E-state index is 13.3. The van der Waals surface area contributed by atoms with Gasteiger partial charge in [-0.3, -0.25) is 4.79 Å². The maximum Gasteiger partial charge on any atom is 0.253 e. The number of amides is 1. The van der Waals surface area contributed by atoms with E-state index in [0.29, 0.717) is 5.56 Å². The van der Waals surface area contributed by atoms with Crippen LogP contribution in [0.5, 0.6) is 11.5 Å². The van der Waals surface area contributed by atoms with E-state index in [1.165, 1.54) is 24.8 Å². The van der Waals surface area contributed by atoms with Crippen molar-refractivity contribution in [1.29, 1.82) is 0 Å². The van der Waals surface area contributed by atoms with Gasteiger partial charge in [0.05, 0.1) is 31.5 Å². The second-order valence-electron chi connectivity index (χ2n) is 8.73. The van der Waals surface area contributed by atoms with Crippen molar-refractivity contribution in [3.63, 3.8) is 0 Å². The fraction of sp³-hybridized carbons (Fsp3) is 0.393. The zero-order chi connectivity index (χ0) is 23.2. The van der Waals surface area contributed by atoms with Gasteiger partial charge >= 0.3 is 0 Å². The smallest absolute Gasteiger partial charge is 0.253 e. The molecule has 1 saturated carbocycles. The summed E-state index contributed by atoms with van der Waals surface area (Å²) in [5.41, 5.74) is 3.73. The lowest BCUT2D eigenvalue weighted by Crippen LogP contribution is -2.36. The van der Waals surface area contributed by atoms with E-state index in [0.717, 1.165) is 42.0 Å². The normalized spacial score (nSPS) is 15.1. The summed E-state index contributed by atoms with van der Waals surface area (Å²) < 4.78 is 13.4. The van der Waals surface area contributed by atoms with Crippen LogP contribution in [0.15, 0.2) is 60.8 Å². The minimum Gasteiger partial charge on any atom is -0.497 e. The van der Waals surface area contributed by atoms with Crippen LogP contribution in [-0.4, -0.2) is 30.7 Å². The molecule has 2 aromatic carbocycles. The van der Waals surface area contributed by atoms with Crippen molar-refractivity contribution in [2.45, 2.75) is 57.5 Å². The van der Waals surface area contributed by atoms with Crippen molar-refractivity contribution in [3.8, 4) is 22.8 Å². The van der Waals surface area contributed by atoms with E-state index in [4.69, 9.17) is 9.47 Å². The van der Waals surface area contributed by atoms with Crippen LogP contribution in [-0.2, 0) is 0 Å². The average molecular weight is 447 g/mol. The summed E-state index contributed by atoms with van der Waals surface area (Å²) in [5, 5.41) is 3.27. The highest BCUT2D eigenvalue weighted by Crippen LogP contribution is 2.38. The highest BCUT2D eigenvalue weighted by molar-refractivity contribution is 5.96. The third-order valence-corrected chi connectivity index (χ3v) is 6.64. The van der Waals surface area contributed by atoms with E-state index in [9.17, 15) is 4.79 Å². The van der Waals surface area contributed by atoms with E-state index in [1.807, 2.05) is 36.5 Å². The molecule has 1 unspecified atom stereocenters. The van der Waals surface area contributed by atoms with Crippen molar-refractivity contribution in [2.75, 3.05) is 14.2 Å². The lowest BCUT2D eigenvalue weighted by Gasteiger charge is -2.22. The second kappa shape index (κ2) is 10.6. The Bertz CT molecular complexity index is 1070. The van der Waals surface area contributed by atoms with Crippen LogP contribution in [0.4, 0.5) is 0 Å². The molecule has 1 N–H and O–H groups in total. The molecule has 1 heterocycles. The topological polar surface area (TPSA) is 52.5 Å². The first-order valence-corrected chi connectivity index (χ1v) is 11.9. The third kappa shape index (κ3) is 5.08. The zero-order valence-corrected chi connectivity index (χ0v) is 19.8. The second-order valence-corrected chi connectivity index (χ2v) is 8.73. The van der Waals surface area contributed by atoms with Crippen LogP contribution in [0.1, 0.15) is 67.4 Å². The minimum absolute atomic E-state index is 0.00771. The van der Waals surface area contributed by atoms with Crippen LogP contribution in [0.2, 0.25) is 0 Å². The van der Waals surface area contributed by atoms with Crippen LogP contribution in [0, 0.1) is 0 Å². The van der Waals surface area contributed by atoms with Crippen molar-refractivity contribution >= 4 is 5.91 Å². The Kier molecular flexibility index (Phi) is 7.38. The predicted octanol–water partition coefficient (Wildman–Crippen LogP) is 6.23. The average Bonchev–Trinajstić information content (AvgIpc) is 3.30. The van der Waals surface area contributed by atoms with Crippen molar-refractivity contribution < 1.29 is 14.3 Å². The molecule has 1 aliphatic carbocycles. The Morgan fingerprint density at radius 3 is 2.45 bits per heavy atom. The molecule has 0 spiro atoms. The minimum atomic E-state index is -0.00771. The molecule has 3 aromatic rings. The van der Waals surface area contributed by atoms with Gasteiger partial charge in [0.2, 0.25) is 0 Å². The summed E-state index contributed by atoms with van der Waals surface area (Å²) >= 11 is 0. The number of methoxy groups -OCH3 is 2. The van der Waals surface area contributed by atoms with Gasteiger partial charge in [0.1, 0.15) is 11.5 Å². The van der Waals surface area contributed by atoms with Crippen molar-refractivity contribution in [1.82, 2.24) is 9.88 Å². The summed E-state index contributed by atoms with van der Waals surface area (Å²) in [7, 11) is 3.33. The lowest BCUT2D eigenvalue weighted by atomic mass is 9.95. The number of benzene rings is 2. The molecule has 5 nitrogen and oxygen atoms in total. The molecule has 174 valence electrons. The molecular formula is C28H34N2O3. The summed E-state index contributed by atoms with van der Waals surface area (Å²) in [6.45, 7) is 2.17. The molecule has 1 fully saturated rings. The number of hydrogen-bond acceptors (Lipinski definition) is 3. The van der Waals surface area contributed by atoms with Gasteiger partial charge in [-0.05, 0) is 49.1 Å². The largest absolute Gasteiger partial charge is 0.497 e. The van der Waals surface area contributed by atoms with Crippen LogP contribution < -0.4 is 14.8 Å². The Hall–Kier alpha value is -3.21. The molecule has 1 aliphatic rings. The molecular weight excluding hydrogens is 412 g/mol. The number of aromatic nitrogens is 1. The highest BCUT2D eigenvalue weighted by Gasteiger charge is 2.24. The first kappa shape index (κ1) is 23.0. The fourth-order valence-electron chi connectivity index (χ4n) is 4.88. The Morgan fingerprint density at radius 1 is 1.03 bits per heavy atom. The number of hydrogen-bond donors (Lipinski definition) is 1. The predicted molar refractivity (Wildman–Crippen MR) is 132 cm³/mol. The number of nitrogens with one attached hydrogen (secondary N) is 1. The van der Waals surface area contributed by atoms with Gasteiger partial charge in [-0.1, -0.05) is 56.5 Å². The summed E-state index contributed by atoms with van der Waals surface area (Å²) in [5.74, 6) is 1.49. The van der Waals surface area contributed by atoms with Crippen molar-refractivity contribution in [2.24, 2.45) is 0 Å². The van der Waals surface area contributed by atoms with Crippen LogP contribution in [0.3, 0.4) is 0 Å². The molecule has 1 amide bonds. The first-order chi connectivity index (χ1) is 16.1. The molecule has 0 bridgehead atoms. The van der Waals surface area contributed by atoms with E-state index in [2.05, 4.69) is 41.1 Å². The maximum absolute atomic E-state index is 13.3. The molecule has 33 heavy (non-hydrogen) atoms.